The van der Waals surface area contributed by atoms with Crippen LogP contribution in [0.1, 0.15) is 27.7 Å². The number of nitrogens with one attached hydrogen (secondary N) is 2. The highest BCUT2D eigenvalue weighted by molar-refractivity contribution is 6.70. The van der Waals surface area contributed by atoms with Gasteiger partial charge in [-0.05, 0) is 71.3 Å². The molecule has 0 saturated carbocycles. The molecule has 6 rings (SSSR count). The predicted octanol–water partition coefficient (Wildman–Crippen LogP) is 3.85. The van der Waals surface area contributed by atoms with Crippen LogP contribution in [0, 0.1) is 0 Å². The third-order valence-electron chi connectivity index (χ3n) is 7.04. The zero-order valence-corrected chi connectivity index (χ0v) is 20.3. The molecule has 4 aromatic rings. The van der Waals surface area contributed by atoms with Crippen LogP contribution in [-0.4, -0.2) is 38.4 Å². The fourth-order valence-corrected chi connectivity index (χ4v) is 5.40. The topological polar surface area (TPSA) is 42.5 Å². The summed E-state index contributed by atoms with van der Waals surface area (Å²) in [7, 11) is -0.342. The third kappa shape index (κ3) is 3.75. The molecule has 0 aromatic heterocycles. The van der Waals surface area contributed by atoms with Gasteiger partial charge in [0, 0.05) is 13.1 Å². The number of hydrogen-bond acceptors (Lipinski definition) is 4. The van der Waals surface area contributed by atoms with Crippen molar-refractivity contribution in [1.82, 2.24) is 10.5 Å². The minimum absolute atomic E-state index is 0.171. The fourth-order valence-electron chi connectivity index (χ4n) is 5.40. The molecule has 2 saturated heterocycles. The Morgan fingerprint density at radius 3 is 1.38 bits per heavy atom. The van der Waals surface area contributed by atoms with Gasteiger partial charge in [-0.25, -0.2) is 0 Å². The first-order valence-electron chi connectivity index (χ1n) is 12.2. The molecule has 0 atom stereocenters. The third-order valence-corrected chi connectivity index (χ3v) is 7.04. The summed E-state index contributed by atoms with van der Waals surface area (Å²) in [4.78, 5) is 0. The normalized spacial score (nSPS) is 19.4. The van der Waals surface area contributed by atoms with E-state index in [4.69, 9.17) is 9.31 Å². The lowest BCUT2D eigenvalue weighted by Gasteiger charge is -2.23. The lowest BCUT2D eigenvalue weighted by atomic mass is 9.64. The van der Waals surface area contributed by atoms with E-state index in [1.165, 1.54) is 43.6 Å². The molecule has 0 amide bonds. The van der Waals surface area contributed by atoms with Gasteiger partial charge in [0.05, 0.1) is 11.2 Å². The molecule has 170 valence electrons. The Labute approximate surface area is 202 Å². The second-order valence-electron chi connectivity index (χ2n) is 10.8. The lowest BCUT2D eigenvalue weighted by Crippen LogP contribution is -2.46. The van der Waals surface area contributed by atoms with Gasteiger partial charge in [0.25, 0.3) is 0 Å². The summed E-state index contributed by atoms with van der Waals surface area (Å²) in [6, 6.07) is 26.2. The summed E-state index contributed by atoms with van der Waals surface area (Å²) in [5.41, 5.74) is 4.34. The Bertz CT molecular complexity index is 1290. The first-order valence-corrected chi connectivity index (χ1v) is 12.2. The number of benzene rings is 4. The quantitative estimate of drug-likeness (QED) is 0.468. The second-order valence-corrected chi connectivity index (χ2v) is 10.8. The fraction of sp³-hybridized carbons (Fsp3) is 0.286. The molecule has 2 heterocycles. The van der Waals surface area contributed by atoms with Crippen LogP contribution in [0.3, 0.4) is 0 Å². The second kappa shape index (κ2) is 7.96. The molecule has 0 radical (unpaired) electrons. The Kier molecular flexibility index (Phi) is 5.12. The molecule has 0 bridgehead atoms. The Balaban J connectivity index is 1.67. The van der Waals surface area contributed by atoms with E-state index in [2.05, 4.69) is 111 Å². The molecule has 34 heavy (non-hydrogen) atoms. The lowest BCUT2D eigenvalue weighted by molar-refractivity contribution is 0.149. The number of fused-ring (bicyclic) bond motifs is 2. The molecule has 2 fully saturated rings. The predicted molar refractivity (Wildman–Crippen MR) is 144 cm³/mol. The minimum atomic E-state index is -0.213. The molecule has 4 nitrogen and oxygen atoms in total. The van der Waals surface area contributed by atoms with Gasteiger partial charge in [0.2, 0.25) is 0 Å². The van der Waals surface area contributed by atoms with Crippen LogP contribution in [0.25, 0.3) is 32.7 Å². The molecular weight excluding hydrogens is 418 g/mol. The highest BCUT2D eigenvalue weighted by Crippen LogP contribution is 2.34. The van der Waals surface area contributed by atoms with Crippen molar-refractivity contribution < 1.29 is 9.31 Å². The summed E-state index contributed by atoms with van der Waals surface area (Å²) >= 11 is 0. The van der Waals surface area contributed by atoms with Gasteiger partial charge in [-0.1, -0.05) is 72.8 Å². The summed E-state index contributed by atoms with van der Waals surface area (Å²) in [5, 5.41) is 12.1. The van der Waals surface area contributed by atoms with Crippen molar-refractivity contribution in [1.29, 1.82) is 0 Å². The van der Waals surface area contributed by atoms with Crippen molar-refractivity contribution in [3.8, 4) is 11.1 Å². The molecule has 0 unspecified atom stereocenters. The van der Waals surface area contributed by atoms with Crippen molar-refractivity contribution in [3.05, 3.63) is 72.8 Å². The van der Waals surface area contributed by atoms with E-state index >= 15 is 0 Å². The van der Waals surface area contributed by atoms with Gasteiger partial charge in [-0.15, -0.1) is 0 Å². The van der Waals surface area contributed by atoms with Gasteiger partial charge < -0.3 is 19.8 Å². The summed E-state index contributed by atoms with van der Waals surface area (Å²) in [5.74, 6) is 0. The van der Waals surface area contributed by atoms with Crippen molar-refractivity contribution in [3.63, 3.8) is 0 Å². The van der Waals surface area contributed by atoms with E-state index in [9.17, 15) is 0 Å². The van der Waals surface area contributed by atoms with Gasteiger partial charge in [0.1, 0.15) is 0 Å². The molecule has 4 aromatic carbocycles. The van der Waals surface area contributed by atoms with E-state index < -0.39 is 0 Å². The number of rotatable bonds is 3. The smallest absolute Gasteiger partial charge is 0.411 e. The van der Waals surface area contributed by atoms with Crippen molar-refractivity contribution in [2.45, 2.75) is 38.9 Å². The minimum Gasteiger partial charge on any atom is -0.411 e. The monoisotopic (exact) mass is 448 g/mol. The Morgan fingerprint density at radius 1 is 0.588 bits per heavy atom. The standard InChI is InChI=1S/C28H30B2N2O2/c1-27(2)17-31-29(33-27)23-15-13-19-9-5-7-11-21(19)25(23)26-22-12-8-6-10-20(22)14-16-24(26)30-32-18-28(3,4)34-30/h5-16,31-32H,17-18H2,1-4H3. The largest absolute Gasteiger partial charge is 0.417 e. The van der Waals surface area contributed by atoms with Gasteiger partial charge in [-0.3, -0.25) is 0 Å². The van der Waals surface area contributed by atoms with Gasteiger partial charge in [-0.2, -0.15) is 0 Å². The van der Waals surface area contributed by atoms with E-state index in [0.717, 1.165) is 13.1 Å². The van der Waals surface area contributed by atoms with Crippen molar-refractivity contribution in [2.24, 2.45) is 0 Å². The van der Waals surface area contributed by atoms with Gasteiger partial charge in [0.15, 0.2) is 0 Å². The Morgan fingerprint density at radius 2 is 1.00 bits per heavy atom. The van der Waals surface area contributed by atoms with Crippen LogP contribution in [0.5, 0.6) is 0 Å². The molecule has 2 N–H and O–H groups in total. The highest BCUT2D eigenvalue weighted by Gasteiger charge is 2.41. The summed E-state index contributed by atoms with van der Waals surface area (Å²) in [6.45, 7) is 10.2. The average molecular weight is 448 g/mol. The van der Waals surface area contributed by atoms with Crippen LogP contribution < -0.4 is 21.4 Å². The summed E-state index contributed by atoms with van der Waals surface area (Å²) < 4.78 is 13.0. The first kappa shape index (κ1) is 21.9. The molecule has 2 aliphatic rings. The van der Waals surface area contributed by atoms with Crippen LogP contribution in [0.15, 0.2) is 72.8 Å². The summed E-state index contributed by atoms with van der Waals surface area (Å²) in [6.07, 6.45) is 0. The first-order chi connectivity index (χ1) is 16.3. The maximum Gasteiger partial charge on any atom is 0.417 e. The van der Waals surface area contributed by atoms with E-state index in [0.29, 0.717) is 0 Å². The average Bonchev–Trinajstić information content (AvgIpc) is 3.38. The zero-order chi connectivity index (χ0) is 23.5. The van der Waals surface area contributed by atoms with E-state index in [-0.39, 0.29) is 25.3 Å². The molecule has 2 aliphatic heterocycles. The van der Waals surface area contributed by atoms with Crippen molar-refractivity contribution >= 4 is 46.6 Å². The molecular formula is C28H30B2N2O2. The van der Waals surface area contributed by atoms with E-state index in [1.807, 2.05) is 0 Å². The molecule has 6 heteroatoms. The Hall–Kier alpha value is -2.63. The van der Waals surface area contributed by atoms with Gasteiger partial charge >= 0.3 is 14.1 Å². The number of hydrogen-bond donors (Lipinski definition) is 2. The highest BCUT2D eigenvalue weighted by atomic mass is 16.5. The van der Waals surface area contributed by atoms with Crippen LogP contribution in [0.4, 0.5) is 0 Å². The SMILES string of the molecule is CC1(C)CNB(c2ccc3ccccc3c2-c2c(B3NCC(C)(C)O3)ccc3ccccc23)O1. The molecule has 0 aliphatic carbocycles. The zero-order valence-electron chi connectivity index (χ0n) is 20.3. The maximum absolute atomic E-state index is 6.50. The van der Waals surface area contributed by atoms with Crippen LogP contribution in [-0.2, 0) is 9.31 Å². The van der Waals surface area contributed by atoms with Crippen LogP contribution in [0.2, 0.25) is 0 Å². The van der Waals surface area contributed by atoms with Crippen molar-refractivity contribution in [2.75, 3.05) is 13.1 Å². The van der Waals surface area contributed by atoms with E-state index in [1.54, 1.807) is 0 Å². The van der Waals surface area contributed by atoms with Crippen LogP contribution >= 0.6 is 0 Å². The maximum atomic E-state index is 6.50. The molecule has 0 spiro atoms.